The minimum atomic E-state index is -4.10. The van der Waals surface area contributed by atoms with Crippen LogP contribution in [0.4, 0.5) is 0 Å². The summed E-state index contributed by atoms with van der Waals surface area (Å²) in [6, 6.07) is 14.6. The van der Waals surface area contributed by atoms with Gasteiger partial charge in [-0.3, -0.25) is 0 Å². The van der Waals surface area contributed by atoms with Gasteiger partial charge < -0.3 is 9.47 Å². The summed E-state index contributed by atoms with van der Waals surface area (Å²) in [5.41, 5.74) is 0.691. The Labute approximate surface area is 168 Å². The lowest BCUT2D eigenvalue weighted by Crippen LogP contribution is -2.19. The summed E-state index contributed by atoms with van der Waals surface area (Å²) >= 11 is 5.83. The first kappa shape index (κ1) is 20.1. The highest BCUT2D eigenvalue weighted by atomic mass is 35.5. The number of hydrogen-bond acceptors (Lipinski definition) is 5. The zero-order valence-corrected chi connectivity index (χ0v) is 16.8. The molecule has 3 rings (SSSR count). The number of ether oxygens (including phenoxy) is 2. The fourth-order valence-electron chi connectivity index (χ4n) is 2.79. The van der Waals surface area contributed by atoms with Crippen LogP contribution in [0.1, 0.15) is 25.5 Å². The summed E-state index contributed by atoms with van der Waals surface area (Å²) in [7, 11) is -4.10. The first-order chi connectivity index (χ1) is 13.3. The second kappa shape index (κ2) is 8.16. The summed E-state index contributed by atoms with van der Waals surface area (Å²) in [5, 5.41) is 0.404. The highest BCUT2D eigenvalue weighted by Crippen LogP contribution is 2.35. The molecule has 0 saturated carbocycles. The first-order valence-corrected chi connectivity index (χ1v) is 10.4. The summed E-state index contributed by atoms with van der Waals surface area (Å²) in [5.74, 6) is -0.416. The van der Waals surface area contributed by atoms with E-state index < -0.39 is 22.1 Å². The van der Waals surface area contributed by atoms with Crippen LogP contribution in [0.5, 0.6) is 0 Å². The van der Waals surface area contributed by atoms with Crippen LogP contribution in [0.25, 0.3) is 0 Å². The second-order valence-electron chi connectivity index (χ2n) is 5.97. The maximum Gasteiger partial charge on any atom is 0.343 e. The zero-order valence-electron chi connectivity index (χ0n) is 15.3. The lowest BCUT2D eigenvalue weighted by Gasteiger charge is -2.13. The Bertz CT molecular complexity index is 1040. The summed E-state index contributed by atoms with van der Waals surface area (Å²) < 4.78 is 40.5. The molecule has 1 heterocycles. The Balaban J connectivity index is 2.12. The molecule has 146 valence electrons. The molecule has 0 aliphatic carbocycles. The van der Waals surface area contributed by atoms with Crippen molar-refractivity contribution in [3.8, 4) is 0 Å². The number of allylic oxidation sites excluding steroid dienone is 1. The zero-order chi connectivity index (χ0) is 20.3. The molecule has 1 aliphatic rings. The highest BCUT2D eigenvalue weighted by molar-refractivity contribution is 7.90. The van der Waals surface area contributed by atoms with Crippen molar-refractivity contribution in [3.63, 3.8) is 0 Å². The Kier molecular flexibility index (Phi) is 5.86. The maximum atomic E-state index is 12.8. The van der Waals surface area contributed by atoms with E-state index in [2.05, 4.69) is 4.40 Å². The Morgan fingerprint density at radius 1 is 1.14 bits per heavy atom. The van der Waals surface area contributed by atoms with Crippen molar-refractivity contribution in [1.29, 1.82) is 0 Å². The molecule has 28 heavy (non-hydrogen) atoms. The van der Waals surface area contributed by atoms with E-state index in [4.69, 9.17) is 21.1 Å². The van der Waals surface area contributed by atoms with Gasteiger partial charge in [0.15, 0.2) is 6.10 Å². The van der Waals surface area contributed by atoms with Gasteiger partial charge in [0.25, 0.3) is 10.0 Å². The topological polar surface area (TPSA) is 82.0 Å². The summed E-state index contributed by atoms with van der Waals surface area (Å²) in [4.78, 5) is 12.4. The van der Waals surface area contributed by atoms with Gasteiger partial charge in [-0.15, -0.1) is 0 Å². The number of halogens is 1. The van der Waals surface area contributed by atoms with Crippen LogP contribution in [0.15, 0.2) is 75.2 Å². The number of benzene rings is 2. The number of sulfonamides is 1. The average molecular weight is 420 g/mol. The fourth-order valence-corrected chi connectivity index (χ4v) is 3.95. The molecule has 2 aromatic carbocycles. The molecular weight excluding hydrogens is 402 g/mol. The monoisotopic (exact) mass is 419 g/mol. The van der Waals surface area contributed by atoms with Gasteiger partial charge >= 0.3 is 5.97 Å². The van der Waals surface area contributed by atoms with Crippen molar-refractivity contribution < 1.29 is 22.7 Å². The van der Waals surface area contributed by atoms with Gasteiger partial charge in [0.2, 0.25) is 0 Å². The van der Waals surface area contributed by atoms with Crippen molar-refractivity contribution >= 4 is 33.3 Å². The fraction of sp³-hybridized carbons (Fsp3) is 0.200. The van der Waals surface area contributed by atoms with Crippen LogP contribution < -0.4 is 0 Å². The Morgan fingerprint density at radius 3 is 2.39 bits per heavy atom. The van der Waals surface area contributed by atoms with E-state index in [1.807, 2.05) is 6.07 Å². The first-order valence-electron chi connectivity index (χ1n) is 8.54. The number of carbonyl (C=O) groups is 1. The number of hydrogen-bond donors (Lipinski definition) is 0. The van der Waals surface area contributed by atoms with Crippen LogP contribution in [0.2, 0.25) is 5.02 Å². The molecule has 0 bridgehead atoms. The molecule has 1 atom stereocenters. The lowest BCUT2D eigenvalue weighted by atomic mass is 10.0. The smallest absolute Gasteiger partial charge is 0.343 e. The molecule has 1 unspecified atom stereocenters. The van der Waals surface area contributed by atoms with E-state index in [1.165, 1.54) is 24.3 Å². The Morgan fingerprint density at radius 2 is 1.79 bits per heavy atom. The third kappa shape index (κ3) is 4.10. The van der Waals surface area contributed by atoms with Crippen molar-refractivity contribution in [1.82, 2.24) is 0 Å². The van der Waals surface area contributed by atoms with Gasteiger partial charge in [-0.25, -0.2) is 4.79 Å². The highest BCUT2D eigenvalue weighted by Gasteiger charge is 2.38. The summed E-state index contributed by atoms with van der Waals surface area (Å²) in [6.45, 7) is 3.39. The minimum Gasteiger partial charge on any atom is -0.483 e. The van der Waals surface area contributed by atoms with Gasteiger partial charge in [0, 0.05) is 5.02 Å². The van der Waals surface area contributed by atoms with Crippen molar-refractivity contribution in [2.24, 2.45) is 4.40 Å². The molecule has 2 aromatic rings. The van der Waals surface area contributed by atoms with Crippen LogP contribution in [0.3, 0.4) is 0 Å². The predicted octanol–water partition coefficient (Wildman–Crippen LogP) is 4.08. The molecule has 1 aliphatic heterocycles. The third-order valence-electron chi connectivity index (χ3n) is 4.06. The predicted molar refractivity (Wildman–Crippen MR) is 106 cm³/mol. The maximum absolute atomic E-state index is 12.8. The van der Waals surface area contributed by atoms with Gasteiger partial charge in [-0.05, 0) is 43.7 Å². The molecule has 0 amide bonds. The number of esters is 1. The average Bonchev–Trinajstić information content (AvgIpc) is 2.98. The normalized spacial score (nSPS) is 18.2. The van der Waals surface area contributed by atoms with Crippen LogP contribution in [-0.4, -0.2) is 26.7 Å². The van der Waals surface area contributed by atoms with Gasteiger partial charge in [0.05, 0.1) is 11.5 Å². The van der Waals surface area contributed by atoms with Crippen LogP contribution in [0, 0.1) is 0 Å². The van der Waals surface area contributed by atoms with E-state index in [0.717, 1.165) is 0 Å². The molecule has 0 radical (unpaired) electrons. The van der Waals surface area contributed by atoms with Gasteiger partial charge in [-0.2, -0.15) is 12.8 Å². The number of rotatable bonds is 5. The largest absolute Gasteiger partial charge is 0.483 e. The van der Waals surface area contributed by atoms with Gasteiger partial charge in [-0.1, -0.05) is 41.9 Å². The molecule has 0 N–H and O–H groups in total. The molecule has 8 heteroatoms. The number of nitrogens with zero attached hydrogens (tertiary/aromatic N) is 1. The standard InChI is InChI=1S/C20H18ClNO5S/c1-3-26-20(23)17-13(2)27-19(14-7-5-4-6-8-14)18(17)22-28(24,25)16-11-9-15(21)10-12-16/h4-12,19H,3H2,1-2H3/b22-18-. The third-order valence-corrected chi connectivity index (χ3v) is 5.62. The van der Waals surface area contributed by atoms with Crippen LogP contribution >= 0.6 is 11.6 Å². The van der Waals surface area contributed by atoms with E-state index in [0.29, 0.717) is 10.6 Å². The number of carbonyl (C=O) groups excluding carboxylic acids is 1. The lowest BCUT2D eigenvalue weighted by molar-refractivity contribution is -0.137. The SMILES string of the molecule is CCOC(=O)C1=C(C)OC(c2ccccc2)/C1=N\S(=O)(=O)c1ccc(Cl)cc1. The molecule has 6 nitrogen and oxygen atoms in total. The molecular formula is C20H18ClNO5S. The Hall–Kier alpha value is -2.64. The quantitative estimate of drug-likeness (QED) is 0.682. The van der Waals surface area contributed by atoms with Crippen molar-refractivity contribution in [3.05, 3.63) is 76.5 Å². The van der Waals surface area contributed by atoms with E-state index in [1.54, 1.807) is 38.1 Å². The molecule has 0 spiro atoms. The van der Waals surface area contributed by atoms with Crippen molar-refractivity contribution in [2.45, 2.75) is 24.8 Å². The van der Waals surface area contributed by atoms with Crippen LogP contribution in [-0.2, 0) is 24.3 Å². The molecule has 0 aromatic heterocycles. The van der Waals surface area contributed by atoms with Gasteiger partial charge in [0.1, 0.15) is 17.0 Å². The van der Waals surface area contributed by atoms with E-state index in [9.17, 15) is 13.2 Å². The van der Waals surface area contributed by atoms with E-state index in [-0.39, 0.29) is 28.5 Å². The van der Waals surface area contributed by atoms with Crippen molar-refractivity contribution in [2.75, 3.05) is 6.61 Å². The second-order valence-corrected chi connectivity index (χ2v) is 8.01. The van der Waals surface area contributed by atoms with E-state index >= 15 is 0 Å². The molecule has 0 saturated heterocycles. The molecule has 0 fully saturated rings. The minimum absolute atomic E-state index is 0.00269. The summed E-state index contributed by atoms with van der Waals surface area (Å²) in [6.07, 6.45) is -0.831.